The van der Waals surface area contributed by atoms with Crippen LogP contribution in [0.5, 0.6) is 0 Å². The second-order valence-corrected chi connectivity index (χ2v) is 11.3. The lowest BCUT2D eigenvalue weighted by atomic mass is 9.81. The number of hydrogen-bond acceptors (Lipinski definition) is 2. The number of benzene rings is 3. The topological polar surface area (TPSA) is 17.1 Å². The van der Waals surface area contributed by atoms with E-state index in [9.17, 15) is 4.79 Å². The highest BCUT2D eigenvalue weighted by atomic mass is 32.4. The summed E-state index contributed by atoms with van der Waals surface area (Å²) < 4.78 is 0. The maximum atomic E-state index is 13.8. The molecule has 0 radical (unpaired) electrons. The first kappa shape index (κ1) is 15.3. The molecule has 0 aromatic heterocycles. The maximum absolute atomic E-state index is 13.8. The number of hydrogen-bond donors (Lipinski definition) is 0. The van der Waals surface area contributed by atoms with E-state index in [1.165, 1.54) is 27.8 Å². The Hall–Kier alpha value is -2.02. The Labute approximate surface area is 152 Å². The van der Waals surface area contributed by atoms with Gasteiger partial charge in [-0.25, -0.2) is 0 Å². The quantitative estimate of drug-likeness (QED) is 0.476. The predicted molar refractivity (Wildman–Crippen MR) is 109 cm³/mol. The van der Waals surface area contributed by atoms with E-state index in [4.69, 9.17) is 11.8 Å². The average Bonchev–Trinajstić information content (AvgIpc) is 2.83. The van der Waals surface area contributed by atoms with Crippen LogP contribution in [0.25, 0.3) is 22.3 Å². The summed E-state index contributed by atoms with van der Waals surface area (Å²) in [4.78, 5) is 13.8. The van der Waals surface area contributed by atoms with Crippen LogP contribution < -0.4 is 10.6 Å². The van der Waals surface area contributed by atoms with Crippen LogP contribution in [0.15, 0.2) is 48.5 Å². The smallest absolute Gasteiger partial charge is 0.202 e. The molecular weight excluding hydrogens is 343 g/mol. The number of rotatable bonds is 2. The second-order valence-electron chi connectivity index (χ2n) is 7.09. The molecule has 0 amide bonds. The van der Waals surface area contributed by atoms with Crippen LogP contribution in [0.1, 0.15) is 27.0 Å². The SMILES string of the molecule is Cc1cc(C)c(C(=O)P2(=S)c3cccc4c3-c3c-4cccc32)c(C)c1. The first-order valence-electron chi connectivity index (χ1n) is 8.45. The van der Waals surface area contributed by atoms with Gasteiger partial charge in [-0.15, -0.1) is 0 Å². The molecule has 0 N–H and O–H groups in total. The summed E-state index contributed by atoms with van der Waals surface area (Å²) in [5, 5.41) is 2.19. The third-order valence-electron chi connectivity index (χ3n) is 5.48. The molecule has 0 saturated carbocycles. The summed E-state index contributed by atoms with van der Waals surface area (Å²) in [5.41, 5.74) is 9.22. The van der Waals surface area contributed by atoms with E-state index in [0.29, 0.717) is 0 Å². The van der Waals surface area contributed by atoms with E-state index >= 15 is 0 Å². The normalized spacial score (nSPS) is 14.8. The zero-order valence-electron chi connectivity index (χ0n) is 14.4. The Bertz CT molecular complexity index is 1090. The molecule has 1 nitrogen and oxygen atoms in total. The molecule has 25 heavy (non-hydrogen) atoms. The minimum absolute atomic E-state index is 0.147. The van der Waals surface area contributed by atoms with Crippen molar-refractivity contribution in [3.63, 3.8) is 0 Å². The number of carbonyl (C=O) groups excluding carboxylic acids is 1. The van der Waals surface area contributed by atoms with Crippen LogP contribution in [0.3, 0.4) is 0 Å². The molecule has 1 heterocycles. The summed E-state index contributed by atoms with van der Waals surface area (Å²) in [6.07, 6.45) is 0. The largest absolute Gasteiger partial charge is 0.287 e. The van der Waals surface area contributed by atoms with Gasteiger partial charge in [0.05, 0.1) is 6.04 Å². The van der Waals surface area contributed by atoms with Gasteiger partial charge < -0.3 is 0 Å². The molecule has 2 aliphatic rings. The van der Waals surface area contributed by atoms with Gasteiger partial charge >= 0.3 is 0 Å². The van der Waals surface area contributed by atoms with Gasteiger partial charge in [0.15, 0.2) is 0 Å². The van der Waals surface area contributed by atoms with Crippen molar-refractivity contribution in [3.8, 4) is 22.3 Å². The van der Waals surface area contributed by atoms with Gasteiger partial charge in [-0.2, -0.15) is 0 Å². The fourth-order valence-electron chi connectivity index (χ4n) is 4.54. The van der Waals surface area contributed by atoms with Gasteiger partial charge in [0.25, 0.3) is 0 Å². The molecule has 0 fully saturated rings. The Morgan fingerprint density at radius 3 is 1.80 bits per heavy atom. The molecule has 0 atom stereocenters. The van der Waals surface area contributed by atoms with Crippen LogP contribution in [-0.2, 0) is 11.8 Å². The van der Waals surface area contributed by atoms with Crippen LogP contribution >= 0.6 is 6.04 Å². The van der Waals surface area contributed by atoms with E-state index in [1.807, 2.05) is 13.8 Å². The van der Waals surface area contributed by atoms with Crippen molar-refractivity contribution in [2.24, 2.45) is 0 Å². The van der Waals surface area contributed by atoms with Crippen molar-refractivity contribution in [1.82, 2.24) is 0 Å². The zero-order chi connectivity index (χ0) is 17.5. The third-order valence-corrected chi connectivity index (χ3v) is 10.1. The van der Waals surface area contributed by atoms with Crippen LogP contribution in [0.2, 0.25) is 0 Å². The van der Waals surface area contributed by atoms with E-state index < -0.39 is 6.04 Å². The maximum Gasteiger partial charge on any atom is 0.202 e. The molecule has 0 spiro atoms. The third kappa shape index (κ3) is 1.69. The molecule has 0 saturated heterocycles. The highest BCUT2D eigenvalue weighted by Gasteiger charge is 2.47. The van der Waals surface area contributed by atoms with Crippen LogP contribution in [0, 0.1) is 20.8 Å². The lowest BCUT2D eigenvalue weighted by Crippen LogP contribution is -2.19. The lowest BCUT2D eigenvalue weighted by molar-refractivity contribution is 0.108. The van der Waals surface area contributed by atoms with Crippen LogP contribution in [-0.4, -0.2) is 5.52 Å². The molecule has 3 heteroatoms. The molecule has 3 aromatic rings. The summed E-state index contributed by atoms with van der Waals surface area (Å²) in [6, 6.07) is 14.2. The van der Waals surface area contributed by atoms with Crippen molar-refractivity contribution >= 4 is 34.0 Å². The van der Waals surface area contributed by atoms with Gasteiger partial charge in [0.2, 0.25) is 5.52 Å². The van der Waals surface area contributed by atoms with Gasteiger partial charge in [-0.1, -0.05) is 65.9 Å². The van der Waals surface area contributed by atoms with E-state index in [2.05, 4.69) is 55.5 Å². The second kappa shape index (κ2) is 4.78. The number of aryl methyl sites for hydroxylation is 3. The van der Waals surface area contributed by atoms with E-state index in [-0.39, 0.29) is 5.52 Å². The fraction of sp³-hybridized carbons (Fsp3) is 0.136. The lowest BCUT2D eigenvalue weighted by Gasteiger charge is -2.21. The molecule has 1 aliphatic carbocycles. The predicted octanol–water partition coefficient (Wildman–Crippen LogP) is 4.84. The molecular formula is C22H17OPS. The van der Waals surface area contributed by atoms with Gasteiger partial charge in [-0.3, -0.25) is 4.79 Å². The first-order chi connectivity index (χ1) is 11.9. The summed E-state index contributed by atoms with van der Waals surface area (Å²) in [6.45, 7) is 6.12. The molecule has 3 aromatic carbocycles. The summed E-state index contributed by atoms with van der Waals surface area (Å²) in [5.74, 6) is 0. The molecule has 5 rings (SSSR count). The van der Waals surface area contributed by atoms with E-state index in [1.54, 1.807) is 0 Å². The molecule has 122 valence electrons. The Morgan fingerprint density at radius 1 is 0.840 bits per heavy atom. The van der Waals surface area contributed by atoms with Crippen molar-refractivity contribution in [2.45, 2.75) is 20.8 Å². The van der Waals surface area contributed by atoms with E-state index in [0.717, 1.165) is 27.3 Å². The minimum Gasteiger partial charge on any atom is -0.287 e. The highest BCUT2D eigenvalue weighted by molar-refractivity contribution is 8.30. The molecule has 0 bridgehead atoms. The first-order valence-corrected chi connectivity index (χ1v) is 11.3. The standard InChI is InChI=1S/C22H17OPS/c1-12-10-13(2)19(14(3)11-12)22(23)24(25)17-8-4-6-15-16-7-5-9-18(24)21(16)20(15)17/h4-11H,1-3H3. The zero-order valence-corrected chi connectivity index (χ0v) is 16.1. The van der Waals surface area contributed by atoms with Crippen molar-refractivity contribution in [3.05, 3.63) is 70.8 Å². The Morgan fingerprint density at radius 2 is 1.32 bits per heavy atom. The monoisotopic (exact) mass is 360 g/mol. The van der Waals surface area contributed by atoms with Crippen molar-refractivity contribution < 1.29 is 4.79 Å². The molecule has 1 aliphatic heterocycles. The average molecular weight is 360 g/mol. The summed E-state index contributed by atoms with van der Waals surface area (Å²) >= 11 is 6.22. The Balaban J connectivity index is 1.82. The van der Waals surface area contributed by atoms with Gasteiger partial charge in [-0.05, 0) is 43.0 Å². The molecule has 0 unspecified atom stereocenters. The van der Waals surface area contributed by atoms with Gasteiger partial charge in [0.1, 0.15) is 0 Å². The highest BCUT2D eigenvalue weighted by Crippen LogP contribution is 2.63. The van der Waals surface area contributed by atoms with Crippen molar-refractivity contribution in [2.75, 3.05) is 0 Å². The minimum atomic E-state index is -2.50. The Kier molecular flexibility index (Phi) is 2.92. The summed E-state index contributed by atoms with van der Waals surface area (Å²) in [7, 11) is 0. The number of carbonyl (C=O) groups is 1. The van der Waals surface area contributed by atoms with Gasteiger partial charge in [0, 0.05) is 27.3 Å². The number of fused-ring (bicyclic) bond motifs is 1. The van der Waals surface area contributed by atoms with Crippen LogP contribution in [0.4, 0.5) is 0 Å². The fourth-order valence-corrected chi connectivity index (χ4v) is 8.78. The van der Waals surface area contributed by atoms with Crippen molar-refractivity contribution in [1.29, 1.82) is 0 Å².